The van der Waals surface area contributed by atoms with Crippen LogP contribution >= 0.6 is 22.7 Å². The molecule has 2 nitrogen and oxygen atoms in total. The lowest BCUT2D eigenvalue weighted by atomic mass is 10.1. The van der Waals surface area contributed by atoms with Crippen LogP contribution in [0.5, 0.6) is 0 Å². The van der Waals surface area contributed by atoms with Gasteiger partial charge in [0, 0.05) is 4.88 Å². The lowest BCUT2D eigenvalue weighted by Crippen LogP contribution is -1.98. The maximum absolute atomic E-state index is 10.1. The third-order valence-electron chi connectivity index (χ3n) is 2.18. The van der Waals surface area contributed by atoms with Gasteiger partial charge < -0.3 is 5.11 Å². The molecule has 4 heteroatoms. The van der Waals surface area contributed by atoms with E-state index < -0.39 is 6.10 Å². The molecule has 0 radical (unpaired) electrons. The molecule has 2 aromatic heterocycles. The summed E-state index contributed by atoms with van der Waals surface area (Å²) in [5, 5.41) is 12.1. The molecule has 14 heavy (non-hydrogen) atoms. The molecule has 0 fully saturated rings. The van der Waals surface area contributed by atoms with E-state index in [1.807, 2.05) is 25.3 Å². The predicted molar refractivity (Wildman–Crippen MR) is 60.0 cm³/mol. The zero-order chi connectivity index (χ0) is 10.1. The van der Waals surface area contributed by atoms with Crippen molar-refractivity contribution in [2.45, 2.75) is 20.0 Å². The number of aliphatic hydroxyl groups excluding tert-OH is 1. The number of aliphatic hydroxyl groups is 1. The summed E-state index contributed by atoms with van der Waals surface area (Å²) >= 11 is 3.10. The third-order valence-corrected chi connectivity index (χ3v) is 4.24. The van der Waals surface area contributed by atoms with E-state index in [2.05, 4.69) is 4.98 Å². The van der Waals surface area contributed by atoms with Gasteiger partial charge in [-0.05, 0) is 30.9 Å². The number of nitrogens with zero attached hydrogens (tertiary/aromatic N) is 1. The van der Waals surface area contributed by atoms with Crippen LogP contribution in [-0.2, 0) is 0 Å². The smallest absolute Gasteiger partial charge is 0.124 e. The lowest BCUT2D eigenvalue weighted by Gasteiger charge is -2.08. The fourth-order valence-corrected chi connectivity index (χ4v) is 3.15. The molecule has 2 aromatic rings. The minimum atomic E-state index is -0.498. The predicted octanol–water partition coefficient (Wildman–Crippen LogP) is 2.90. The SMILES string of the molecule is Cc1ccsc1C(O)c1scnc1C. The minimum absolute atomic E-state index is 0.498. The Hall–Kier alpha value is -0.710. The van der Waals surface area contributed by atoms with Crippen molar-refractivity contribution in [1.29, 1.82) is 0 Å². The number of thiophene rings is 1. The summed E-state index contributed by atoms with van der Waals surface area (Å²) in [5.74, 6) is 0. The molecule has 0 aliphatic carbocycles. The van der Waals surface area contributed by atoms with E-state index in [0.717, 1.165) is 21.0 Å². The number of rotatable bonds is 2. The highest BCUT2D eigenvalue weighted by molar-refractivity contribution is 7.11. The van der Waals surface area contributed by atoms with Gasteiger partial charge in [0.25, 0.3) is 0 Å². The molecular formula is C10H11NOS2. The summed E-state index contributed by atoms with van der Waals surface area (Å²) in [6, 6.07) is 2.03. The second-order valence-corrected chi connectivity index (χ2v) is 5.01. The Morgan fingerprint density at radius 2 is 2.07 bits per heavy atom. The van der Waals surface area contributed by atoms with Crippen molar-refractivity contribution < 1.29 is 5.11 Å². The second kappa shape index (κ2) is 3.81. The molecule has 0 saturated heterocycles. The maximum atomic E-state index is 10.1. The average Bonchev–Trinajstić information content (AvgIpc) is 2.73. The zero-order valence-corrected chi connectivity index (χ0v) is 9.65. The molecule has 0 amide bonds. The van der Waals surface area contributed by atoms with Crippen molar-refractivity contribution in [2.75, 3.05) is 0 Å². The van der Waals surface area contributed by atoms with Crippen molar-refractivity contribution in [3.8, 4) is 0 Å². The van der Waals surface area contributed by atoms with Gasteiger partial charge in [-0.15, -0.1) is 22.7 Å². The summed E-state index contributed by atoms with van der Waals surface area (Å²) in [4.78, 5) is 6.12. The maximum Gasteiger partial charge on any atom is 0.124 e. The Kier molecular flexibility index (Phi) is 2.67. The fourth-order valence-electron chi connectivity index (χ4n) is 1.36. The molecule has 0 spiro atoms. The van der Waals surface area contributed by atoms with Crippen molar-refractivity contribution in [3.05, 3.63) is 38.0 Å². The van der Waals surface area contributed by atoms with Crippen LogP contribution in [0.3, 0.4) is 0 Å². The summed E-state index contributed by atoms with van der Waals surface area (Å²) < 4.78 is 0. The van der Waals surface area contributed by atoms with E-state index in [-0.39, 0.29) is 0 Å². The first-order valence-electron chi connectivity index (χ1n) is 4.32. The summed E-state index contributed by atoms with van der Waals surface area (Å²) in [5.41, 5.74) is 3.85. The first-order valence-corrected chi connectivity index (χ1v) is 6.08. The van der Waals surface area contributed by atoms with Gasteiger partial charge >= 0.3 is 0 Å². The summed E-state index contributed by atoms with van der Waals surface area (Å²) in [6.45, 7) is 3.95. The van der Waals surface area contributed by atoms with Gasteiger partial charge in [0.15, 0.2) is 0 Å². The Bertz CT molecular complexity index is 393. The second-order valence-electron chi connectivity index (χ2n) is 3.17. The van der Waals surface area contributed by atoms with Crippen molar-refractivity contribution in [3.63, 3.8) is 0 Å². The van der Waals surface area contributed by atoms with Gasteiger partial charge in [-0.25, -0.2) is 4.98 Å². The van der Waals surface area contributed by atoms with Crippen LogP contribution in [-0.4, -0.2) is 10.1 Å². The number of hydrogen-bond donors (Lipinski definition) is 1. The van der Waals surface area contributed by atoms with Crippen molar-refractivity contribution >= 4 is 22.7 Å². The van der Waals surface area contributed by atoms with Crippen molar-refractivity contribution in [1.82, 2.24) is 4.98 Å². The van der Waals surface area contributed by atoms with Crippen LogP contribution in [0, 0.1) is 13.8 Å². The fraction of sp³-hybridized carbons (Fsp3) is 0.300. The molecule has 2 heterocycles. The molecular weight excluding hydrogens is 214 g/mol. The number of hydrogen-bond acceptors (Lipinski definition) is 4. The van der Waals surface area contributed by atoms with Crippen LogP contribution in [0.1, 0.15) is 27.1 Å². The van der Waals surface area contributed by atoms with Crippen LogP contribution in [0.15, 0.2) is 17.0 Å². The standard InChI is InChI=1S/C10H11NOS2/c1-6-3-4-13-9(6)8(12)10-7(2)11-5-14-10/h3-5,8,12H,1-2H3. The van der Waals surface area contributed by atoms with Gasteiger partial charge in [0.1, 0.15) is 6.10 Å². The summed E-state index contributed by atoms with van der Waals surface area (Å²) in [7, 11) is 0. The van der Waals surface area contributed by atoms with E-state index >= 15 is 0 Å². The van der Waals surface area contributed by atoms with E-state index in [4.69, 9.17) is 0 Å². The number of aromatic nitrogens is 1. The van der Waals surface area contributed by atoms with Crippen LogP contribution in [0.2, 0.25) is 0 Å². The van der Waals surface area contributed by atoms with Gasteiger partial charge in [0.05, 0.1) is 16.1 Å². The molecule has 0 saturated carbocycles. The minimum Gasteiger partial charge on any atom is -0.382 e. The monoisotopic (exact) mass is 225 g/mol. The average molecular weight is 225 g/mol. The van der Waals surface area contributed by atoms with Crippen LogP contribution in [0.4, 0.5) is 0 Å². The van der Waals surface area contributed by atoms with E-state index in [9.17, 15) is 5.11 Å². The van der Waals surface area contributed by atoms with E-state index in [0.29, 0.717) is 0 Å². The van der Waals surface area contributed by atoms with Crippen molar-refractivity contribution in [2.24, 2.45) is 0 Å². The third kappa shape index (κ3) is 1.61. The number of aryl methyl sites for hydroxylation is 2. The quantitative estimate of drug-likeness (QED) is 0.852. The Balaban J connectivity index is 2.38. The summed E-state index contributed by atoms with van der Waals surface area (Å²) in [6.07, 6.45) is -0.498. The molecule has 1 unspecified atom stereocenters. The van der Waals surface area contributed by atoms with E-state index in [1.54, 1.807) is 16.8 Å². The molecule has 2 rings (SSSR count). The normalized spacial score (nSPS) is 13.1. The first kappa shape index (κ1) is 9.83. The zero-order valence-electron chi connectivity index (χ0n) is 8.02. The highest BCUT2D eigenvalue weighted by atomic mass is 32.1. The molecule has 1 atom stereocenters. The van der Waals surface area contributed by atoms with E-state index in [1.165, 1.54) is 11.3 Å². The van der Waals surface area contributed by atoms with Gasteiger partial charge in [0.2, 0.25) is 0 Å². The molecule has 0 aliphatic rings. The molecule has 0 aliphatic heterocycles. The first-order chi connectivity index (χ1) is 6.70. The highest BCUT2D eigenvalue weighted by Gasteiger charge is 2.17. The highest BCUT2D eigenvalue weighted by Crippen LogP contribution is 2.32. The Morgan fingerprint density at radius 3 is 2.57 bits per heavy atom. The Morgan fingerprint density at radius 1 is 1.29 bits per heavy atom. The molecule has 74 valence electrons. The topological polar surface area (TPSA) is 33.1 Å². The molecule has 1 N–H and O–H groups in total. The number of thiazole rings is 1. The largest absolute Gasteiger partial charge is 0.382 e. The lowest BCUT2D eigenvalue weighted by molar-refractivity contribution is 0.226. The van der Waals surface area contributed by atoms with Crippen LogP contribution < -0.4 is 0 Å². The van der Waals surface area contributed by atoms with Gasteiger partial charge in [-0.2, -0.15) is 0 Å². The van der Waals surface area contributed by atoms with Gasteiger partial charge in [-0.3, -0.25) is 0 Å². The molecule has 0 bridgehead atoms. The molecule has 0 aromatic carbocycles. The van der Waals surface area contributed by atoms with Crippen LogP contribution in [0.25, 0.3) is 0 Å². The van der Waals surface area contributed by atoms with Gasteiger partial charge in [-0.1, -0.05) is 0 Å². The Labute approximate surface area is 90.9 Å².